The van der Waals surface area contributed by atoms with Gasteiger partial charge in [0.15, 0.2) is 0 Å². The topological polar surface area (TPSA) is 12.0 Å². The first-order valence-electron chi connectivity index (χ1n) is 6.88. The average Bonchev–Trinajstić information content (AvgIpc) is 2.30. The largest absolute Gasteiger partial charge is 0.319 e. The smallest absolute Gasteiger partial charge is 0.00172 e. The number of hydrogen-bond donors (Lipinski definition) is 1. The molecule has 0 saturated heterocycles. The molecule has 0 heterocycles. The van der Waals surface area contributed by atoms with Gasteiger partial charge in [-0.25, -0.2) is 0 Å². The van der Waals surface area contributed by atoms with Crippen LogP contribution < -0.4 is 5.32 Å². The lowest BCUT2D eigenvalue weighted by atomic mass is 9.87. The van der Waals surface area contributed by atoms with Crippen molar-refractivity contribution in [3.05, 3.63) is 35.4 Å². The summed E-state index contributed by atoms with van der Waals surface area (Å²) < 4.78 is 0. The lowest BCUT2D eigenvalue weighted by Crippen LogP contribution is -2.19. The molecule has 2 atom stereocenters. The highest BCUT2D eigenvalue weighted by Gasteiger charge is 2.14. The fourth-order valence-electron chi connectivity index (χ4n) is 2.52. The van der Waals surface area contributed by atoms with E-state index in [2.05, 4.69) is 50.4 Å². The van der Waals surface area contributed by atoms with E-state index in [1.807, 2.05) is 7.05 Å². The molecule has 17 heavy (non-hydrogen) atoms. The van der Waals surface area contributed by atoms with Crippen LogP contribution in [0.1, 0.15) is 50.2 Å². The SMILES string of the molecule is CCCC(C)CC(CNC)c1ccc(C)cc1. The third-order valence-electron chi connectivity index (χ3n) is 3.47. The zero-order valence-electron chi connectivity index (χ0n) is 11.8. The predicted molar refractivity (Wildman–Crippen MR) is 76.5 cm³/mol. The number of benzene rings is 1. The molecule has 1 heteroatoms. The summed E-state index contributed by atoms with van der Waals surface area (Å²) in [6.07, 6.45) is 3.92. The van der Waals surface area contributed by atoms with E-state index >= 15 is 0 Å². The third-order valence-corrected chi connectivity index (χ3v) is 3.47. The zero-order valence-corrected chi connectivity index (χ0v) is 11.8. The van der Waals surface area contributed by atoms with Crippen LogP contribution in [0.25, 0.3) is 0 Å². The van der Waals surface area contributed by atoms with Crippen molar-refractivity contribution in [3.63, 3.8) is 0 Å². The maximum Gasteiger partial charge on any atom is 0.00172 e. The molecule has 1 aromatic rings. The Kier molecular flexibility index (Phi) is 6.28. The van der Waals surface area contributed by atoms with Gasteiger partial charge < -0.3 is 5.32 Å². The number of rotatable bonds is 7. The molecule has 0 aromatic heterocycles. The Hall–Kier alpha value is -0.820. The van der Waals surface area contributed by atoms with Gasteiger partial charge in [-0.05, 0) is 37.8 Å². The molecule has 1 nitrogen and oxygen atoms in total. The van der Waals surface area contributed by atoms with E-state index in [0.717, 1.165) is 12.5 Å². The molecular formula is C16H27N. The van der Waals surface area contributed by atoms with Gasteiger partial charge in [0, 0.05) is 6.54 Å². The molecule has 96 valence electrons. The second-order valence-electron chi connectivity index (χ2n) is 5.29. The summed E-state index contributed by atoms with van der Waals surface area (Å²) in [5, 5.41) is 3.33. The van der Waals surface area contributed by atoms with Crippen LogP contribution >= 0.6 is 0 Å². The molecule has 0 radical (unpaired) electrons. The second kappa shape index (κ2) is 7.50. The van der Waals surface area contributed by atoms with Crippen molar-refractivity contribution in [3.8, 4) is 0 Å². The van der Waals surface area contributed by atoms with Gasteiger partial charge in [-0.2, -0.15) is 0 Å². The van der Waals surface area contributed by atoms with Gasteiger partial charge in [0.1, 0.15) is 0 Å². The lowest BCUT2D eigenvalue weighted by molar-refractivity contribution is 0.426. The fourth-order valence-corrected chi connectivity index (χ4v) is 2.52. The Bertz CT molecular complexity index is 302. The second-order valence-corrected chi connectivity index (χ2v) is 5.29. The minimum absolute atomic E-state index is 0.655. The standard InChI is InChI=1S/C16H27N/c1-5-6-14(3)11-16(12-17-4)15-9-7-13(2)8-10-15/h7-10,14,16-17H,5-6,11-12H2,1-4H3. The molecule has 0 saturated carbocycles. The van der Waals surface area contributed by atoms with Gasteiger partial charge in [-0.3, -0.25) is 0 Å². The van der Waals surface area contributed by atoms with Crippen LogP contribution in [-0.2, 0) is 0 Å². The molecule has 0 aliphatic carbocycles. The molecule has 1 aromatic carbocycles. The highest BCUT2D eigenvalue weighted by atomic mass is 14.8. The van der Waals surface area contributed by atoms with E-state index in [9.17, 15) is 0 Å². The highest BCUT2D eigenvalue weighted by molar-refractivity contribution is 5.24. The van der Waals surface area contributed by atoms with Crippen molar-refractivity contribution in [2.45, 2.75) is 46.0 Å². The van der Waals surface area contributed by atoms with Crippen LogP contribution in [0.3, 0.4) is 0 Å². The van der Waals surface area contributed by atoms with Crippen molar-refractivity contribution < 1.29 is 0 Å². The number of aryl methyl sites for hydroxylation is 1. The zero-order chi connectivity index (χ0) is 12.7. The quantitative estimate of drug-likeness (QED) is 0.747. The molecule has 1 rings (SSSR count). The van der Waals surface area contributed by atoms with Crippen molar-refractivity contribution in [1.29, 1.82) is 0 Å². The first-order valence-corrected chi connectivity index (χ1v) is 6.88. The van der Waals surface area contributed by atoms with Crippen molar-refractivity contribution in [2.24, 2.45) is 5.92 Å². The van der Waals surface area contributed by atoms with E-state index < -0.39 is 0 Å². The van der Waals surface area contributed by atoms with E-state index in [-0.39, 0.29) is 0 Å². The van der Waals surface area contributed by atoms with Crippen molar-refractivity contribution in [2.75, 3.05) is 13.6 Å². The Balaban J connectivity index is 2.67. The van der Waals surface area contributed by atoms with Crippen LogP contribution in [0.4, 0.5) is 0 Å². The van der Waals surface area contributed by atoms with Gasteiger partial charge >= 0.3 is 0 Å². The molecule has 2 unspecified atom stereocenters. The fraction of sp³-hybridized carbons (Fsp3) is 0.625. The van der Waals surface area contributed by atoms with E-state index in [0.29, 0.717) is 5.92 Å². The molecule has 0 aliphatic rings. The van der Waals surface area contributed by atoms with Gasteiger partial charge in [0.2, 0.25) is 0 Å². The van der Waals surface area contributed by atoms with Gasteiger partial charge in [0.05, 0.1) is 0 Å². The van der Waals surface area contributed by atoms with Crippen LogP contribution in [0.2, 0.25) is 0 Å². The average molecular weight is 233 g/mol. The molecule has 0 aliphatic heterocycles. The van der Waals surface area contributed by atoms with Crippen molar-refractivity contribution in [1.82, 2.24) is 5.32 Å². The minimum atomic E-state index is 0.655. The summed E-state index contributed by atoms with van der Waals surface area (Å²) >= 11 is 0. The predicted octanol–water partition coefficient (Wildman–Crippen LogP) is 4.12. The third kappa shape index (κ3) is 4.91. The molecule has 0 bridgehead atoms. The first kappa shape index (κ1) is 14.2. The summed E-state index contributed by atoms with van der Waals surface area (Å²) in [7, 11) is 2.05. The van der Waals surface area contributed by atoms with Crippen LogP contribution in [-0.4, -0.2) is 13.6 Å². The Morgan fingerprint density at radius 1 is 1.18 bits per heavy atom. The molecule has 0 spiro atoms. The minimum Gasteiger partial charge on any atom is -0.319 e. The summed E-state index contributed by atoms with van der Waals surface area (Å²) in [6.45, 7) is 7.88. The maximum atomic E-state index is 3.33. The lowest BCUT2D eigenvalue weighted by Gasteiger charge is -2.21. The van der Waals surface area contributed by atoms with Crippen LogP contribution in [0.5, 0.6) is 0 Å². The summed E-state index contributed by atoms with van der Waals surface area (Å²) in [5.41, 5.74) is 2.83. The number of likely N-dealkylation sites (N-methyl/N-ethyl adjacent to an activating group) is 1. The molecule has 0 fully saturated rings. The van der Waals surface area contributed by atoms with Gasteiger partial charge in [0.25, 0.3) is 0 Å². The van der Waals surface area contributed by atoms with E-state index in [1.54, 1.807) is 0 Å². The van der Waals surface area contributed by atoms with E-state index in [4.69, 9.17) is 0 Å². The first-order chi connectivity index (χ1) is 8.17. The summed E-state index contributed by atoms with van der Waals surface area (Å²) in [4.78, 5) is 0. The molecular weight excluding hydrogens is 206 g/mol. The Labute approximate surface area is 107 Å². The van der Waals surface area contributed by atoms with Crippen LogP contribution in [0, 0.1) is 12.8 Å². The normalized spacial score (nSPS) is 14.6. The molecule has 1 N–H and O–H groups in total. The van der Waals surface area contributed by atoms with Crippen molar-refractivity contribution >= 4 is 0 Å². The summed E-state index contributed by atoms with van der Waals surface area (Å²) in [6, 6.07) is 9.02. The van der Waals surface area contributed by atoms with E-state index in [1.165, 1.54) is 30.4 Å². The van der Waals surface area contributed by atoms with Gasteiger partial charge in [-0.15, -0.1) is 0 Å². The maximum absolute atomic E-state index is 3.33. The van der Waals surface area contributed by atoms with Gasteiger partial charge in [-0.1, -0.05) is 56.5 Å². The Morgan fingerprint density at radius 3 is 2.35 bits per heavy atom. The monoisotopic (exact) mass is 233 g/mol. The Morgan fingerprint density at radius 2 is 1.82 bits per heavy atom. The van der Waals surface area contributed by atoms with Crippen LogP contribution in [0.15, 0.2) is 24.3 Å². The highest BCUT2D eigenvalue weighted by Crippen LogP contribution is 2.25. The number of nitrogens with one attached hydrogen (secondary N) is 1. The number of hydrogen-bond acceptors (Lipinski definition) is 1. The summed E-state index contributed by atoms with van der Waals surface area (Å²) in [5.74, 6) is 1.47. The molecule has 0 amide bonds.